The molecular weight excluding hydrogens is 370 g/mol. The number of hydroxylamine groups is 2. The van der Waals surface area contributed by atoms with Crippen molar-refractivity contribution in [1.29, 1.82) is 0 Å². The molecule has 8 heteroatoms. The summed E-state index contributed by atoms with van der Waals surface area (Å²) in [5.74, 6) is -2.21. The summed E-state index contributed by atoms with van der Waals surface area (Å²) in [5, 5.41) is 5.33. The highest BCUT2D eigenvalue weighted by Crippen LogP contribution is 2.25. The Balaban J connectivity index is 1.59. The molecule has 0 atom stereocenters. The minimum Gasteiger partial charge on any atom is -0.323 e. The molecule has 0 bridgehead atoms. The second kappa shape index (κ2) is 6.37. The van der Waals surface area contributed by atoms with E-state index in [1.807, 2.05) is 0 Å². The highest BCUT2D eigenvalue weighted by Gasteiger charge is 2.39. The van der Waals surface area contributed by atoms with E-state index in [9.17, 15) is 14.4 Å². The van der Waals surface area contributed by atoms with Crippen LogP contribution >= 0.6 is 11.6 Å². The van der Waals surface area contributed by atoms with E-state index in [0.717, 1.165) is 5.56 Å². The molecule has 4 rings (SSSR count). The van der Waals surface area contributed by atoms with Gasteiger partial charge < -0.3 is 4.84 Å². The zero-order valence-corrected chi connectivity index (χ0v) is 14.8. The van der Waals surface area contributed by atoms with E-state index < -0.39 is 17.8 Å². The highest BCUT2D eigenvalue weighted by molar-refractivity contribution is 6.30. The van der Waals surface area contributed by atoms with Gasteiger partial charge in [-0.3, -0.25) is 14.3 Å². The summed E-state index contributed by atoms with van der Waals surface area (Å²) in [6.45, 7) is 0. The maximum atomic E-state index is 12.5. The molecule has 2 aromatic carbocycles. The molecule has 3 aromatic rings. The van der Waals surface area contributed by atoms with Crippen LogP contribution in [0.25, 0.3) is 11.3 Å². The first kappa shape index (κ1) is 17.0. The first-order valence-electron chi connectivity index (χ1n) is 7.96. The van der Waals surface area contributed by atoms with Gasteiger partial charge >= 0.3 is 5.97 Å². The van der Waals surface area contributed by atoms with E-state index in [1.54, 1.807) is 43.4 Å². The molecule has 0 saturated heterocycles. The largest absolute Gasteiger partial charge is 0.381 e. The van der Waals surface area contributed by atoms with Crippen LogP contribution < -0.4 is 0 Å². The van der Waals surface area contributed by atoms with Crippen LogP contribution in [0, 0.1) is 0 Å². The molecule has 0 radical (unpaired) electrons. The van der Waals surface area contributed by atoms with E-state index in [2.05, 4.69) is 5.10 Å². The van der Waals surface area contributed by atoms with Gasteiger partial charge in [-0.25, -0.2) is 4.79 Å². The third-order valence-corrected chi connectivity index (χ3v) is 4.41. The first-order valence-corrected chi connectivity index (χ1v) is 8.33. The van der Waals surface area contributed by atoms with E-state index in [-0.39, 0.29) is 16.8 Å². The molecule has 2 heterocycles. The molecule has 2 amide bonds. The van der Waals surface area contributed by atoms with Crippen LogP contribution in [0.3, 0.4) is 0 Å². The zero-order valence-electron chi connectivity index (χ0n) is 14.0. The molecule has 134 valence electrons. The van der Waals surface area contributed by atoms with Crippen LogP contribution in [-0.4, -0.2) is 32.6 Å². The SMILES string of the molecule is Cn1nc(-c2ccc(Cl)cc2)cc1C(=O)ON1C(=O)c2ccccc2C1=O. The third kappa shape index (κ3) is 2.88. The van der Waals surface area contributed by atoms with E-state index in [1.165, 1.54) is 22.9 Å². The number of imide groups is 1. The van der Waals surface area contributed by atoms with Crippen LogP contribution in [0.15, 0.2) is 54.6 Å². The van der Waals surface area contributed by atoms with Crippen LogP contribution in [0.2, 0.25) is 5.02 Å². The van der Waals surface area contributed by atoms with Gasteiger partial charge in [0.2, 0.25) is 0 Å². The number of hydrogen-bond acceptors (Lipinski definition) is 5. The average molecular weight is 382 g/mol. The molecule has 0 N–H and O–H groups in total. The van der Waals surface area contributed by atoms with Gasteiger partial charge in [0.1, 0.15) is 5.69 Å². The van der Waals surface area contributed by atoms with Crippen molar-refractivity contribution in [1.82, 2.24) is 14.8 Å². The van der Waals surface area contributed by atoms with Crippen molar-refractivity contribution in [3.63, 3.8) is 0 Å². The second-order valence-corrected chi connectivity index (χ2v) is 6.31. The smallest absolute Gasteiger partial charge is 0.323 e. The van der Waals surface area contributed by atoms with Gasteiger partial charge in [0.15, 0.2) is 0 Å². The van der Waals surface area contributed by atoms with Crippen molar-refractivity contribution < 1.29 is 19.2 Å². The first-order chi connectivity index (χ1) is 13.0. The lowest BCUT2D eigenvalue weighted by Gasteiger charge is -2.12. The van der Waals surface area contributed by atoms with Gasteiger partial charge in [-0.1, -0.05) is 40.9 Å². The lowest BCUT2D eigenvalue weighted by molar-refractivity contribution is -0.0591. The highest BCUT2D eigenvalue weighted by atomic mass is 35.5. The standard InChI is InChI=1S/C19H12ClN3O4/c1-22-16(10-15(21-22)11-6-8-12(20)9-7-11)19(26)27-23-17(24)13-4-2-3-5-14(13)18(23)25/h2-10H,1H3. The van der Waals surface area contributed by atoms with Crippen molar-refractivity contribution >= 4 is 29.4 Å². The number of aryl methyl sites for hydroxylation is 1. The van der Waals surface area contributed by atoms with Crippen molar-refractivity contribution in [3.05, 3.63) is 76.4 Å². The molecule has 1 aliphatic rings. The number of fused-ring (bicyclic) bond motifs is 1. The number of halogens is 1. The number of amides is 2. The number of hydrogen-bond donors (Lipinski definition) is 0. The Labute approximate surface area is 158 Å². The Morgan fingerprint density at radius 2 is 1.59 bits per heavy atom. The van der Waals surface area contributed by atoms with Gasteiger partial charge in [-0.15, -0.1) is 0 Å². The minimum atomic E-state index is -0.861. The normalized spacial score (nSPS) is 13.0. The van der Waals surface area contributed by atoms with Crippen molar-refractivity contribution in [2.24, 2.45) is 7.05 Å². The lowest BCUT2D eigenvalue weighted by atomic mass is 10.1. The fourth-order valence-corrected chi connectivity index (χ4v) is 2.93. The number of nitrogens with zero attached hydrogens (tertiary/aromatic N) is 3. The van der Waals surface area contributed by atoms with Crippen LogP contribution in [0.4, 0.5) is 0 Å². The van der Waals surface area contributed by atoms with Crippen molar-refractivity contribution in [2.45, 2.75) is 0 Å². The zero-order chi connectivity index (χ0) is 19.1. The monoisotopic (exact) mass is 381 g/mol. The topological polar surface area (TPSA) is 81.5 Å². The number of carbonyl (C=O) groups excluding carboxylic acids is 3. The fraction of sp³-hybridized carbons (Fsp3) is 0.0526. The van der Waals surface area contributed by atoms with E-state index in [4.69, 9.17) is 16.4 Å². The summed E-state index contributed by atoms with van der Waals surface area (Å²) in [5.41, 5.74) is 1.78. The van der Waals surface area contributed by atoms with Gasteiger partial charge in [0.25, 0.3) is 11.8 Å². The van der Waals surface area contributed by atoms with Crippen LogP contribution in [0.5, 0.6) is 0 Å². The minimum absolute atomic E-state index is 0.0940. The fourth-order valence-electron chi connectivity index (χ4n) is 2.80. The Morgan fingerprint density at radius 1 is 1.00 bits per heavy atom. The molecule has 0 spiro atoms. The summed E-state index contributed by atoms with van der Waals surface area (Å²) in [6, 6.07) is 14.8. The second-order valence-electron chi connectivity index (χ2n) is 5.87. The molecule has 1 aromatic heterocycles. The van der Waals surface area contributed by atoms with Crippen LogP contribution in [0.1, 0.15) is 31.2 Å². The Morgan fingerprint density at radius 3 is 2.19 bits per heavy atom. The maximum absolute atomic E-state index is 12.5. The maximum Gasteiger partial charge on any atom is 0.381 e. The summed E-state index contributed by atoms with van der Waals surface area (Å²) < 4.78 is 1.32. The van der Waals surface area contributed by atoms with Gasteiger partial charge in [0.05, 0.1) is 16.8 Å². The number of rotatable bonds is 3. The summed E-state index contributed by atoms with van der Waals surface area (Å²) in [4.78, 5) is 42.2. The van der Waals surface area contributed by atoms with E-state index >= 15 is 0 Å². The quantitative estimate of drug-likeness (QED) is 0.651. The number of carbonyl (C=O) groups is 3. The Bertz CT molecular complexity index is 1050. The molecule has 0 saturated carbocycles. The predicted octanol–water partition coefficient (Wildman–Crippen LogP) is 3.11. The van der Waals surface area contributed by atoms with Gasteiger partial charge in [0, 0.05) is 17.6 Å². The molecular formula is C19H12ClN3O4. The molecule has 7 nitrogen and oxygen atoms in total. The van der Waals surface area contributed by atoms with Gasteiger partial charge in [-0.05, 0) is 30.3 Å². The summed E-state index contributed by atoms with van der Waals surface area (Å²) in [6.07, 6.45) is 0. The molecule has 0 aliphatic carbocycles. The molecule has 0 fully saturated rings. The van der Waals surface area contributed by atoms with Crippen molar-refractivity contribution in [3.8, 4) is 11.3 Å². The molecule has 0 unspecified atom stereocenters. The number of benzene rings is 2. The average Bonchev–Trinajstić information content (AvgIpc) is 3.16. The Kier molecular flexibility index (Phi) is 4.01. The van der Waals surface area contributed by atoms with Gasteiger partial charge in [-0.2, -0.15) is 5.10 Å². The van der Waals surface area contributed by atoms with Crippen molar-refractivity contribution in [2.75, 3.05) is 0 Å². The van der Waals surface area contributed by atoms with Crippen LogP contribution in [-0.2, 0) is 11.9 Å². The Hall–Kier alpha value is -3.45. The molecule has 27 heavy (non-hydrogen) atoms. The summed E-state index contributed by atoms with van der Waals surface area (Å²) >= 11 is 5.88. The molecule has 1 aliphatic heterocycles. The lowest BCUT2D eigenvalue weighted by Crippen LogP contribution is -2.33. The van der Waals surface area contributed by atoms with E-state index in [0.29, 0.717) is 15.8 Å². The third-order valence-electron chi connectivity index (χ3n) is 4.16. The summed E-state index contributed by atoms with van der Waals surface area (Å²) in [7, 11) is 1.57. The number of aromatic nitrogens is 2. The predicted molar refractivity (Wildman–Crippen MR) is 96.0 cm³/mol.